The summed E-state index contributed by atoms with van der Waals surface area (Å²) in [5, 5.41) is 0.867. The highest BCUT2D eigenvalue weighted by Gasteiger charge is 2.57. The van der Waals surface area contributed by atoms with Crippen molar-refractivity contribution >= 4 is 16.9 Å². The first kappa shape index (κ1) is 21.7. The summed E-state index contributed by atoms with van der Waals surface area (Å²) >= 11 is 0. The zero-order chi connectivity index (χ0) is 22.4. The number of benzene rings is 1. The summed E-state index contributed by atoms with van der Waals surface area (Å²) in [4.78, 5) is 23.2. The molecule has 2 saturated carbocycles. The van der Waals surface area contributed by atoms with E-state index in [2.05, 4.69) is 27.4 Å². The van der Waals surface area contributed by atoms with Crippen molar-refractivity contribution in [2.75, 3.05) is 6.61 Å². The van der Waals surface area contributed by atoms with E-state index < -0.39 is 0 Å². The Morgan fingerprint density at radius 3 is 2.68 bits per heavy atom. The van der Waals surface area contributed by atoms with Crippen molar-refractivity contribution in [3.05, 3.63) is 52.9 Å². The Bertz CT molecular complexity index is 1060. The Balaban J connectivity index is 1.56. The molecule has 2 fully saturated rings. The summed E-state index contributed by atoms with van der Waals surface area (Å²) < 4.78 is 17.2. The Morgan fingerprint density at radius 2 is 1.94 bits per heavy atom. The number of carbonyl (C=O) groups excluding carboxylic acids is 1. The molecule has 2 aliphatic carbocycles. The summed E-state index contributed by atoms with van der Waals surface area (Å²) in [5.74, 6) is 1.10. The average Bonchev–Trinajstić information content (AvgIpc) is 2.69. The van der Waals surface area contributed by atoms with E-state index in [-0.39, 0.29) is 34.4 Å². The Hall–Kier alpha value is -2.56. The smallest absolute Gasteiger partial charge is 0.336 e. The van der Waals surface area contributed by atoms with Gasteiger partial charge in [0.1, 0.15) is 17.4 Å². The number of hydrogen-bond donors (Lipinski definition) is 0. The first-order chi connectivity index (χ1) is 14.6. The van der Waals surface area contributed by atoms with Gasteiger partial charge in [-0.05, 0) is 55.2 Å². The monoisotopic (exact) mass is 424 g/mol. The predicted octanol–water partition coefficient (Wildman–Crippen LogP) is 5.51. The molecule has 0 unspecified atom stereocenters. The lowest BCUT2D eigenvalue weighted by Crippen LogP contribution is -2.56. The van der Waals surface area contributed by atoms with Crippen LogP contribution in [0.25, 0.3) is 11.0 Å². The molecule has 0 aliphatic heterocycles. The number of fused-ring (bicyclic) bond motifs is 2. The molecule has 0 spiro atoms. The van der Waals surface area contributed by atoms with Gasteiger partial charge in [0.15, 0.2) is 0 Å². The molecule has 1 aromatic carbocycles. The second-order valence-corrected chi connectivity index (χ2v) is 10.0. The van der Waals surface area contributed by atoms with Gasteiger partial charge >= 0.3 is 11.6 Å². The van der Waals surface area contributed by atoms with Gasteiger partial charge in [0, 0.05) is 35.8 Å². The topological polar surface area (TPSA) is 65.7 Å². The van der Waals surface area contributed by atoms with Crippen molar-refractivity contribution < 1.29 is 18.7 Å². The third-order valence-electron chi connectivity index (χ3n) is 7.83. The van der Waals surface area contributed by atoms with Crippen LogP contribution in [0.5, 0.6) is 5.75 Å². The first-order valence-corrected chi connectivity index (χ1v) is 11.1. The van der Waals surface area contributed by atoms with Crippen molar-refractivity contribution in [3.63, 3.8) is 0 Å². The third kappa shape index (κ3) is 3.90. The van der Waals surface area contributed by atoms with Crippen molar-refractivity contribution in [3.8, 4) is 5.75 Å². The summed E-state index contributed by atoms with van der Waals surface area (Å²) in [7, 11) is 0. The van der Waals surface area contributed by atoms with E-state index in [1.807, 2.05) is 12.1 Å². The lowest BCUT2D eigenvalue weighted by Gasteiger charge is -2.59. The number of rotatable bonds is 4. The molecule has 5 heteroatoms. The van der Waals surface area contributed by atoms with E-state index in [0.717, 1.165) is 31.1 Å². The van der Waals surface area contributed by atoms with Crippen LogP contribution < -0.4 is 10.4 Å². The molecule has 0 radical (unpaired) electrons. The van der Waals surface area contributed by atoms with Crippen molar-refractivity contribution in [2.24, 2.45) is 22.7 Å². The quantitative estimate of drug-likeness (QED) is 0.368. The molecule has 2 aromatic rings. The maximum Gasteiger partial charge on any atom is 0.336 e. The normalized spacial score (nSPS) is 29.9. The summed E-state index contributed by atoms with van der Waals surface area (Å²) in [6.07, 6.45) is 3.78. The molecule has 2 aliphatic rings. The molecule has 0 bridgehead atoms. The van der Waals surface area contributed by atoms with Gasteiger partial charge in [0.05, 0.1) is 6.61 Å². The Labute approximate surface area is 183 Å². The van der Waals surface area contributed by atoms with Crippen LogP contribution in [0, 0.1) is 22.7 Å². The van der Waals surface area contributed by atoms with Crippen molar-refractivity contribution in [1.82, 2.24) is 0 Å². The molecule has 0 amide bonds. The molecule has 0 N–H and O–H groups in total. The maximum absolute atomic E-state index is 11.6. The van der Waals surface area contributed by atoms with Gasteiger partial charge in [-0.15, -0.1) is 0 Å². The fourth-order valence-electron chi connectivity index (χ4n) is 6.18. The molecule has 166 valence electrons. The molecule has 4 rings (SSSR count). The second kappa shape index (κ2) is 7.85. The molecule has 1 heterocycles. The molecular weight excluding hydrogens is 392 g/mol. The molecule has 4 atom stereocenters. The molecular formula is C26H32O5. The van der Waals surface area contributed by atoms with Crippen LogP contribution in [-0.2, 0) is 9.53 Å². The number of carbonyl (C=O) groups is 1. The first-order valence-electron chi connectivity index (χ1n) is 11.1. The SMILES string of the molecule is C=C1CC[C@@H]2C(C)(C)[C@@H](OC(C)=O)CC[C@]2(C)[C@@H]1COc1ccc2ccc(=O)oc2c1. The largest absolute Gasteiger partial charge is 0.493 e. The van der Waals surface area contributed by atoms with Gasteiger partial charge < -0.3 is 13.9 Å². The molecule has 0 saturated heterocycles. The minimum Gasteiger partial charge on any atom is -0.493 e. The lowest BCUT2D eigenvalue weighted by atomic mass is 9.47. The van der Waals surface area contributed by atoms with E-state index in [9.17, 15) is 9.59 Å². The highest BCUT2D eigenvalue weighted by Crippen LogP contribution is 2.61. The number of hydrogen-bond acceptors (Lipinski definition) is 5. The van der Waals surface area contributed by atoms with Gasteiger partial charge in [0.25, 0.3) is 0 Å². The molecule has 5 nitrogen and oxygen atoms in total. The predicted molar refractivity (Wildman–Crippen MR) is 120 cm³/mol. The van der Waals surface area contributed by atoms with Crippen LogP contribution in [0.1, 0.15) is 53.4 Å². The van der Waals surface area contributed by atoms with Crippen molar-refractivity contribution in [1.29, 1.82) is 0 Å². The maximum atomic E-state index is 11.6. The van der Waals surface area contributed by atoms with Crippen LogP contribution in [0.3, 0.4) is 0 Å². The van der Waals surface area contributed by atoms with Gasteiger partial charge in [-0.25, -0.2) is 4.79 Å². The van der Waals surface area contributed by atoms with Gasteiger partial charge in [-0.2, -0.15) is 0 Å². The highest BCUT2D eigenvalue weighted by atomic mass is 16.5. The van der Waals surface area contributed by atoms with E-state index in [1.165, 1.54) is 18.6 Å². The summed E-state index contributed by atoms with van der Waals surface area (Å²) in [6, 6.07) is 8.77. The standard InChI is InChI=1S/C26H32O5/c1-16-6-10-22-25(3,4)23(30-17(2)27)12-13-26(22,5)20(16)15-29-19-9-7-18-8-11-24(28)31-21(18)14-19/h7-9,11,14,20,22-23H,1,6,10,12-13,15H2,2-5H3/t20-,22-,23+,26-/m1/s1. The minimum absolute atomic E-state index is 0.0267. The van der Waals surface area contributed by atoms with Crippen LogP contribution in [0.4, 0.5) is 0 Å². The molecule has 31 heavy (non-hydrogen) atoms. The van der Waals surface area contributed by atoms with Gasteiger partial charge in [-0.3, -0.25) is 4.79 Å². The highest BCUT2D eigenvalue weighted by molar-refractivity contribution is 5.77. The Kier molecular flexibility index (Phi) is 5.48. The van der Waals surface area contributed by atoms with Crippen LogP contribution in [-0.4, -0.2) is 18.7 Å². The summed E-state index contributed by atoms with van der Waals surface area (Å²) in [5.41, 5.74) is 1.31. The summed E-state index contributed by atoms with van der Waals surface area (Å²) in [6.45, 7) is 13.2. The average molecular weight is 425 g/mol. The van der Waals surface area contributed by atoms with Crippen LogP contribution in [0.2, 0.25) is 0 Å². The third-order valence-corrected chi connectivity index (χ3v) is 7.83. The van der Waals surface area contributed by atoms with Crippen LogP contribution >= 0.6 is 0 Å². The zero-order valence-corrected chi connectivity index (χ0v) is 18.9. The van der Waals surface area contributed by atoms with Gasteiger partial charge in [-0.1, -0.05) is 32.9 Å². The fourth-order valence-corrected chi connectivity index (χ4v) is 6.18. The van der Waals surface area contributed by atoms with E-state index in [4.69, 9.17) is 13.9 Å². The Morgan fingerprint density at radius 1 is 1.19 bits per heavy atom. The molecule has 1 aromatic heterocycles. The lowest BCUT2D eigenvalue weighted by molar-refractivity contribution is -0.175. The second-order valence-electron chi connectivity index (χ2n) is 10.0. The van der Waals surface area contributed by atoms with E-state index >= 15 is 0 Å². The van der Waals surface area contributed by atoms with Crippen molar-refractivity contribution in [2.45, 2.75) is 59.5 Å². The minimum atomic E-state index is -0.368. The number of esters is 1. The fraction of sp³-hybridized carbons (Fsp3) is 0.538. The zero-order valence-electron chi connectivity index (χ0n) is 18.9. The van der Waals surface area contributed by atoms with Crippen LogP contribution in [0.15, 0.2) is 51.7 Å². The van der Waals surface area contributed by atoms with Gasteiger partial charge in [0.2, 0.25) is 0 Å². The van der Waals surface area contributed by atoms with E-state index in [0.29, 0.717) is 23.9 Å². The van der Waals surface area contributed by atoms with E-state index in [1.54, 1.807) is 12.1 Å². The number of ether oxygens (including phenoxy) is 2.